The lowest BCUT2D eigenvalue weighted by molar-refractivity contribution is -0.130. The second-order valence-electron chi connectivity index (χ2n) is 6.83. The van der Waals surface area contributed by atoms with Crippen LogP contribution >= 0.6 is 0 Å². The average molecular weight is 367 g/mol. The van der Waals surface area contributed by atoms with Gasteiger partial charge in [-0.2, -0.15) is 0 Å². The Morgan fingerprint density at radius 1 is 1.11 bits per heavy atom. The zero-order valence-electron chi connectivity index (χ0n) is 15.5. The van der Waals surface area contributed by atoms with Gasteiger partial charge in [-0.15, -0.1) is 0 Å². The van der Waals surface area contributed by atoms with Gasteiger partial charge in [0.15, 0.2) is 0 Å². The molecular formula is C21H25N3O3. The quantitative estimate of drug-likeness (QED) is 0.851. The molecule has 1 heterocycles. The molecular weight excluding hydrogens is 342 g/mol. The molecule has 0 unspecified atom stereocenters. The summed E-state index contributed by atoms with van der Waals surface area (Å²) >= 11 is 0. The molecule has 1 saturated heterocycles. The number of benzene rings is 2. The Labute approximate surface area is 159 Å². The van der Waals surface area contributed by atoms with Gasteiger partial charge in [-0.05, 0) is 43.2 Å². The molecule has 27 heavy (non-hydrogen) atoms. The van der Waals surface area contributed by atoms with Crippen molar-refractivity contribution < 1.29 is 14.3 Å². The summed E-state index contributed by atoms with van der Waals surface area (Å²) in [6.07, 6.45) is 1.20. The summed E-state index contributed by atoms with van der Waals surface area (Å²) in [6, 6.07) is 16.4. The van der Waals surface area contributed by atoms with Gasteiger partial charge < -0.3 is 20.7 Å². The van der Waals surface area contributed by atoms with Crippen molar-refractivity contribution in [3.63, 3.8) is 0 Å². The van der Waals surface area contributed by atoms with Crippen LogP contribution in [0.5, 0.6) is 0 Å². The van der Waals surface area contributed by atoms with Crippen molar-refractivity contribution in [3.05, 3.63) is 60.2 Å². The van der Waals surface area contributed by atoms with E-state index in [-0.39, 0.29) is 18.4 Å². The van der Waals surface area contributed by atoms with Crippen molar-refractivity contribution in [2.24, 2.45) is 11.1 Å². The number of ether oxygens (including phenoxy) is 1. The first kappa shape index (κ1) is 19.1. The third-order valence-electron chi connectivity index (χ3n) is 5.14. The Morgan fingerprint density at radius 2 is 1.81 bits per heavy atom. The van der Waals surface area contributed by atoms with E-state index in [1.54, 1.807) is 36.2 Å². The lowest BCUT2D eigenvalue weighted by Crippen LogP contribution is -2.46. The Kier molecular flexibility index (Phi) is 5.88. The zero-order chi connectivity index (χ0) is 19.3. The van der Waals surface area contributed by atoms with Gasteiger partial charge in [-0.3, -0.25) is 9.59 Å². The van der Waals surface area contributed by atoms with Crippen LogP contribution in [-0.2, 0) is 9.53 Å². The highest BCUT2D eigenvalue weighted by molar-refractivity contribution is 6.06. The molecule has 0 aromatic heterocycles. The highest BCUT2D eigenvalue weighted by Gasteiger charge is 2.38. The minimum absolute atomic E-state index is 0.116. The molecule has 2 aromatic rings. The smallest absolute Gasteiger partial charge is 0.258 e. The predicted molar refractivity (Wildman–Crippen MR) is 106 cm³/mol. The number of carbonyl (C=O) groups is 2. The lowest BCUT2D eigenvalue weighted by Gasteiger charge is -2.34. The van der Waals surface area contributed by atoms with Gasteiger partial charge in [0.1, 0.15) is 0 Å². The lowest BCUT2D eigenvalue weighted by atomic mass is 9.79. The van der Waals surface area contributed by atoms with E-state index in [1.807, 2.05) is 30.3 Å². The summed E-state index contributed by atoms with van der Waals surface area (Å²) in [5, 5.41) is 2.93. The van der Waals surface area contributed by atoms with Gasteiger partial charge in [0.25, 0.3) is 5.91 Å². The maximum atomic E-state index is 12.8. The van der Waals surface area contributed by atoms with E-state index in [9.17, 15) is 9.59 Å². The van der Waals surface area contributed by atoms with E-state index < -0.39 is 5.41 Å². The molecule has 1 fully saturated rings. The first-order valence-electron chi connectivity index (χ1n) is 9.08. The van der Waals surface area contributed by atoms with Crippen LogP contribution in [0.25, 0.3) is 0 Å². The molecule has 3 N–H and O–H groups in total. The average Bonchev–Trinajstić information content (AvgIpc) is 2.74. The molecule has 142 valence electrons. The van der Waals surface area contributed by atoms with E-state index in [0.717, 1.165) is 5.69 Å². The molecule has 6 nitrogen and oxygen atoms in total. The van der Waals surface area contributed by atoms with Crippen molar-refractivity contribution in [3.8, 4) is 0 Å². The monoisotopic (exact) mass is 367 g/mol. The number of nitrogens with one attached hydrogen (secondary N) is 1. The molecule has 2 aromatic carbocycles. The maximum Gasteiger partial charge on any atom is 0.258 e. The molecule has 2 amide bonds. The molecule has 0 saturated carbocycles. The van der Waals surface area contributed by atoms with Crippen LogP contribution in [0.15, 0.2) is 54.6 Å². The Bertz CT molecular complexity index is 801. The second-order valence-corrected chi connectivity index (χ2v) is 6.83. The van der Waals surface area contributed by atoms with E-state index in [4.69, 9.17) is 10.5 Å². The van der Waals surface area contributed by atoms with Crippen LogP contribution in [0, 0.1) is 5.41 Å². The summed E-state index contributed by atoms with van der Waals surface area (Å²) in [5.74, 6) is -0.258. The van der Waals surface area contributed by atoms with Crippen molar-refractivity contribution in [2.75, 3.05) is 37.0 Å². The number of nitrogens with zero attached hydrogens (tertiary/aromatic N) is 1. The molecule has 0 atom stereocenters. The molecule has 1 aliphatic heterocycles. The van der Waals surface area contributed by atoms with Crippen molar-refractivity contribution in [1.29, 1.82) is 0 Å². The summed E-state index contributed by atoms with van der Waals surface area (Å²) < 4.78 is 5.36. The number of hydrogen-bond acceptors (Lipinski definition) is 4. The summed E-state index contributed by atoms with van der Waals surface area (Å²) in [4.78, 5) is 27.2. The van der Waals surface area contributed by atoms with Crippen LogP contribution in [0.4, 0.5) is 11.4 Å². The first-order valence-corrected chi connectivity index (χ1v) is 9.08. The third kappa shape index (κ3) is 4.18. The summed E-state index contributed by atoms with van der Waals surface area (Å²) in [7, 11) is 1.73. The van der Waals surface area contributed by atoms with Gasteiger partial charge in [0.2, 0.25) is 5.91 Å². The zero-order valence-corrected chi connectivity index (χ0v) is 15.5. The van der Waals surface area contributed by atoms with E-state index in [1.165, 1.54) is 0 Å². The van der Waals surface area contributed by atoms with E-state index in [2.05, 4.69) is 5.32 Å². The fourth-order valence-corrected chi connectivity index (χ4v) is 3.24. The standard InChI is InChI=1S/C21H25N3O3/c1-24(18-8-3-2-4-9-18)19(25)16-6-5-7-17(14-16)23-20(26)21(15-22)10-12-27-13-11-21/h2-9,14H,10-13,15,22H2,1H3,(H,23,26). The van der Waals surface area contributed by atoms with Gasteiger partial charge >= 0.3 is 0 Å². The fraction of sp³-hybridized carbons (Fsp3) is 0.333. The fourth-order valence-electron chi connectivity index (χ4n) is 3.24. The number of nitrogens with two attached hydrogens (primary N) is 1. The Balaban J connectivity index is 1.75. The summed E-state index contributed by atoms with van der Waals surface area (Å²) in [6.45, 7) is 1.34. The number of rotatable bonds is 5. The van der Waals surface area contributed by atoms with Crippen LogP contribution in [0.3, 0.4) is 0 Å². The van der Waals surface area contributed by atoms with Crippen molar-refractivity contribution >= 4 is 23.2 Å². The predicted octanol–water partition coefficient (Wildman–Crippen LogP) is 2.66. The number of carbonyl (C=O) groups excluding carboxylic acids is 2. The highest BCUT2D eigenvalue weighted by atomic mass is 16.5. The van der Waals surface area contributed by atoms with E-state index >= 15 is 0 Å². The van der Waals surface area contributed by atoms with Gasteiger partial charge in [-0.25, -0.2) is 0 Å². The number of hydrogen-bond donors (Lipinski definition) is 2. The molecule has 6 heteroatoms. The maximum absolute atomic E-state index is 12.8. The van der Waals surface area contributed by atoms with E-state index in [0.29, 0.717) is 37.3 Å². The molecule has 0 bridgehead atoms. The first-order chi connectivity index (χ1) is 13.1. The number of amides is 2. The minimum Gasteiger partial charge on any atom is -0.381 e. The van der Waals surface area contributed by atoms with Crippen LogP contribution in [0.2, 0.25) is 0 Å². The van der Waals surface area contributed by atoms with Crippen molar-refractivity contribution in [1.82, 2.24) is 0 Å². The molecule has 0 aliphatic carbocycles. The molecule has 0 spiro atoms. The van der Waals surface area contributed by atoms with Crippen LogP contribution < -0.4 is 16.0 Å². The minimum atomic E-state index is -0.612. The van der Waals surface area contributed by atoms with Gasteiger partial charge in [0.05, 0.1) is 5.41 Å². The Morgan fingerprint density at radius 3 is 2.48 bits per heavy atom. The second kappa shape index (κ2) is 8.33. The topological polar surface area (TPSA) is 84.7 Å². The normalized spacial score (nSPS) is 15.8. The highest BCUT2D eigenvalue weighted by Crippen LogP contribution is 2.31. The van der Waals surface area contributed by atoms with Gasteiger partial charge in [0, 0.05) is 43.7 Å². The third-order valence-corrected chi connectivity index (χ3v) is 5.14. The molecule has 0 radical (unpaired) electrons. The van der Waals surface area contributed by atoms with Crippen LogP contribution in [0.1, 0.15) is 23.2 Å². The SMILES string of the molecule is CN(C(=O)c1cccc(NC(=O)C2(CN)CCOCC2)c1)c1ccccc1. The largest absolute Gasteiger partial charge is 0.381 e. The summed E-state index contributed by atoms with van der Waals surface area (Å²) in [5.41, 5.74) is 7.19. The van der Waals surface area contributed by atoms with Crippen LogP contribution in [-0.4, -0.2) is 38.6 Å². The Hall–Kier alpha value is -2.70. The molecule has 1 aliphatic rings. The van der Waals surface area contributed by atoms with Crippen molar-refractivity contribution in [2.45, 2.75) is 12.8 Å². The number of para-hydroxylation sites is 1. The van der Waals surface area contributed by atoms with Gasteiger partial charge in [-0.1, -0.05) is 24.3 Å². The number of anilines is 2. The molecule has 3 rings (SSSR count).